The molecule has 1 aliphatic carbocycles. The molecule has 130 valence electrons. The van der Waals surface area contributed by atoms with Crippen molar-refractivity contribution in [2.24, 2.45) is 11.3 Å². The van der Waals surface area contributed by atoms with E-state index in [1.807, 2.05) is 0 Å². The minimum absolute atomic E-state index is 0.237. The Hall–Kier alpha value is -2.01. The number of rotatable bonds is 2. The van der Waals surface area contributed by atoms with E-state index in [-0.39, 0.29) is 5.82 Å². The van der Waals surface area contributed by atoms with Gasteiger partial charge in [-0.25, -0.2) is 14.4 Å². The van der Waals surface area contributed by atoms with Gasteiger partial charge in [0.1, 0.15) is 22.8 Å². The lowest BCUT2D eigenvalue weighted by Crippen LogP contribution is -2.26. The van der Waals surface area contributed by atoms with Crippen molar-refractivity contribution < 1.29 is 4.39 Å². The molecule has 1 atom stereocenters. The van der Waals surface area contributed by atoms with E-state index < -0.39 is 0 Å². The number of anilines is 2. The summed E-state index contributed by atoms with van der Waals surface area (Å²) in [4.78, 5) is 11.4. The zero-order valence-corrected chi connectivity index (χ0v) is 15.6. The van der Waals surface area contributed by atoms with Crippen LogP contribution in [-0.2, 0) is 12.8 Å². The molecular formula is C20H22FN3S. The van der Waals surface area contributed by atoms with Crippen molar-refractivity contribution in [3.05, 3.63) is 46.9 Å². The van der Waals surface area contributed by atoms with Crippen LogP contribution in [0.4, 0.5) is 15.9 Å². The number of thiophene rings is 1. The smallest absolute Gasteiger partial charge is 0.142 e. The fourth-order valence-electron chi connectivity index (χ4n) is 3.61. The van der Waals surface area contributed by atoms with Gasteiger partial charge in [0.25, 0.3) is 0 Å². The third-order valence-electron chi connectivity index (χ3n) is 5.18. The van der Waals surface area contributed by atoms with Crippen molar-refractivity contribution in [2.45, 2.75) is 40.0 Å². The Morgan fingerprint density at radius 1 is 1.16 bits per heavy atom. The van der Waals surface area contributed by atoms with Gasteiger partial charge in [-0.1, -0.05) is 20.8 Å². The van der Waals surface area contributed by atoms with Crippen LogP contribution in [0.5, 0.6) is 0 Å². The van der Waals surface area contributed by atoms with Crippen LogP contribution in [0.3, 0.4) is 0 Å². The van der Waals surface area contributed by atoms with E-state index in [1.54, 1.807) is 29.8 Å². The van der Waals surface area contributed by atoms with Crippen LogP contribution in [0.2, 0.25) is 0 Å². The van der Waals surface area contributed by atoms with Crippen LogP contribution in [0.1, 0.15) is 37.6 Å². The molecule has 0 radical (unpaired) electrons. The van der Waals surface area contributed by atoms with Gasteiger partial charge >= 0.3 is 0 Å². The molecule has 3 nitrogen and oxygen atoms in total. The van der Waals surface area contributed by atoms with E-state index in [0.29, 0.717) is 11.3 Å². The minimum Gasteiger partial charge on any atom is -0.340 e. The molecule has 0 saturated carbocycles. The van der Waals surface area contributed by atoms with Crippen molar-refractivity contribution in [3.8, 4) is 0 Å². The predicted octanol–water partition coefficient (Wildman–Crippen LogP) is 5.73. The van der Waals surface area contributed by atoms with Gasteiger partial charge in [-0.3, -0.25) is 0 Å². The van der Waals surface area contributed by atoms with E-state index in [0.717, 1.165) is 34.6 Å². The highest BCUT2D eigenvalue weighted by molar-refractivity contribution is 7.19. The molecular weight excluding hydrogens is 333 g/mol. The largest absolute Gasteiger partial charge is 0.340 e. The first-order valence-electron chi connectivity index (χ1n) is 8.69. The third-order valence-corrected chi connectivity index (χ3v) is 6.34. The number of fused-ring (bicyclic) bond motifs is 3. The first-order chi connectivity index (χ1) is 11.9. The normalized spacial score (nSPS) is 17.5. The third kappa shape index (κ3) is 3.13. The standard InChI is InChI=1S/C20H22FN3S/c1-20(2,3)12-4-9-15-16(10-12)25-19-17(15)18(22-11-23-19)24-14-7-5-13(21)6-8-14/h5-8,11-12H,4,9-10H2,1-3H3,(H,22,23,24). The highest BCUT2D eigenvalue weighted by Crippen LogP contribution is 2.44. The molecule has 2 aromatic heterocycles. The Labute approximate surface area is 151 Å². The molecule has 5 heteroatoms. The number of benzene rings is 1. The maximum absolute atomic E-state index is 13.1. The molecule has 0 amide bonds. The summed E-state index contributed by atoms with van der Waals surface area (Å²) < 4.78 is 13.1. The maximum atomic E-state index is 13.1. The Morgan fingerprint density at radius 3 is 2.64 bits per heavy atom. The fourth-order valence-corrected chi connectivity index (χ4v) is 4.88. The fraction of sp³-hybridized carbons (Fsp3) is 0.400. The maximum Gasteiger partial charge on any atom is 0.142 e. The van der Waals surface area contributed by atoms with Crippen LogP contribution in [0.25, 0.3) is 10.2 Å². The second-order valence-electron chi connectivity index (χ2n) is 7.84. The van der Waals surface area contributed by atoms with Gasteiger partial charge in [-0.2, -0.15) is 0 Å². The van der Waals surface area contributed by atoms with Crippen LogP contribution in [0.15, 0.2) is 30.6 Å². The Morgan fingerprint density at radius 2 is 1.92 bits per heavy atom. The zero-order valence-electron chi connectivity index (χ0n) is 14.8. The first kappa shape index (κ1) is 16.5. The number of hydrogen-bond acceptors (Lipinski definition) is 4. The van der Waals surface area contributed by atoms with Gasteiger partial charge in [0.05, 0.1) is 5.39 Å². The lowest BCUT2D eigenvalue weighted by atomic mass is 9.72. The van der Waals surface area contributed by atoms with Crippen LogP contribution in [-0.4, -0.2) is 9.97 Å². The lowest BCUT2D eigenvalue weighted by molar-refractivity contribution is 0.218. The topological polar surface area (TPSA) is 37.8 Å². The van der Waals surface area contributed by atoms with E-state index in [2.05, 4.69) is 36.1 Å². The molecule has 4 rings (SSSR count). The van der Waals surface area contributed by atoms with Crippen molar-refractivity contribution >= 4 is 33.1 Å². The van der Waals surface area contributed by atoms with Gasteiger partial charge in [-0.15, -0.1) is 11.3 Å². The Kier molecular flexibility index (Phi) is 3.99. The first-order valence-corrected chi connectivity index (χ1v) is 9.51. The average molecular weight is 355 g/mol. The van der Waals surface area contributed by atoms with Crippen LogP contribution < -0.4 is 5.32 Å². The average Bonchev–Trinajstić information content (AvgIpc) is 2.95. The number of hydrogen-bond donors (Lipinski definition) is 1. The van der Waals surface area contributed by atoms with Crippen molar-refractivity contribution in [1.29, 1.82) is 0 Å². The molecule has 0 bridgehead atoms. The number of aromatic nitrogens is 2. The lowest BCUT2D eigenvalue weighted by Gasteiger charge is -2.33. The summed E-state index contributed by atoms with van der Waals surface area (Å²) in [5.74, 6) is 1.29. The SMILES string of the molecule is CC(C)(C)C1CCc2c(sc3ncnc(Nc4ccc(F)cc4)c23)C1. The predicted molar refractivity (Wildman–Crippen MR) is 102 cm³/mol. The van der Waals surface area contributed by atoms with E-state index in [4.69, 9.17) is 0 Å². The number of aryl methyl sites for hydroxylation is 1. The molecule has 1 aliphatic rings. The summed E-state index contributed by atoms with van der Waals surface area (Å²) in [6, 6.07) is 6.38. The molecule has 0 fully saturated rings. The quantitative estimate of drug-likeness (QED) is 0.638. The molecule has 1 aromatic carbocycles. The zero-order chi connectivity index (χ0) is 17.6. The molecule has 1 unspecified atom stereocenters. The van der Waals surface area contributed by atoms with Gasteiger partial charge in [0.2, 0.25) is 0 Å². The number of halogens is 1. The molecule has 1 N–H and O–H groups in total. The number of nitrogens with one attached hydrogen (secondary N) is 1. The summed E-state index contributed by atoms with van der Waals surface area (Å²) in [5, 5.41) is 4.48. The van der Waals surface area contributed by atoms with E-state index in [1.165, 1.54) is 29.0 Å². The Balaban J connectivity index is 1.73. The molecule has 2 heterocycles. The molecule has 25 heavy (non-hydrogen) atoms. The van der Waals surface area contributed by atoms with Gasteiger partial charge < -0.3 is 5.32 Å². The van der Waals surface area contributed by atoms with Gasteiger partial charge in [-0.05, 0) is 60.4 Å². The summed E-state index contributed by atoms with van der Waals surface area (Å²) >= 11 is 1.80. The van der Waals surface area contributed by atoms with E-state index in [9.17, 15) is 4.39 Å². The summed E-state index contributed by atoms with van der Waals surface area (Å²) in [7, 11) is 0. The molecule has 0 saturated heterocycles. The van der Waals surface area contributed by atoms with Crippen molar-refractivity contribution in [3.63, 3.8) is 0 Å². The van der Waals surface area contributed by atoms with Crippen LogP contribution >= 0.6 is 11.3 Å². The second-order valence-corrected chi connectivity index (χ2v) is 8.93. The van der Waals surface area contributed by atoms with Crippen LogP contribution in [0, 0.1) is 17.2 Å². The van der Waals surface area contributed by atoms with E-state index >= 15 is 0 Å². The summed E-state index contributed by atoms with van der Waals surface area (Å²) in [6.07, 6.45) is 5.00. The van der Waals surface area contributed by atoms with Crippen molar-refractivity contribution in [2.75, 3.05) is 5.32 Å². The van der Waals surface area contributed by atoms with Gasteiger partial charge in [0, 0.05) is 10.6 Å². The second kappa shape index (κ2) is 6.06. The van der Waals surface area contributed by atoms with Gasteiger partial charge in [0.15, 0.2) is 0 Å². The Bertz CT molecular complexity index is 909. The highest BCUT2D eigenvalue weighted by Gasteiger charge is 2.31. The molecule has 0 spiro atoms. The monoisotopic (exact) mass is 355 g/mol. The summed E-state index contributed by atoms with van der Waals surface area (Å²) in [6.45, 7) is 6.99. The number of nitrogens with zero attached hydrogens (tertiary/aromatic N) is 2. The van der Waals surface area contributed by atoms with Crippen molar-refractivity contribution in [1.82, 2.24) is 9.97 Å². The molecule has 3 aromatic rings. The minimum atomic E-state index is -0.237. The molecule has 0 aliphatic heterocycles. The highest BCUT2D eigenvalue weighted by atomic mass is 32.1. The summed E-state index contributed by atoms with van der Waals surface area (Å²) in [5.41, 5.74) is 2.56.